The molecule has 4 nitrogen and oxygen atoms in total. The maximum absolute atomic E-state index is 13.2. The highest BCUT2D eigenvalue weighted by molar-refractivity contribution is 7.90. The van der Waals surface area contributed by atoms with Gasteiger partial charge < -0.3 is 4.90 Å². The fourth-order valence-electron chi connectivity index (χ4n) is 1.22. The number of sulfonamides is 1. The van der Waals surface area contributed by atoms with Crippen molar-refractivity contribution in [3.05, 3.63) is 0 Å². The Bertz CT molecular complexity index is 502. The molecule has 0 aromatic heterocycles. The first kappa shape index (κ1) is 22.2. The number of rotatable bonds is 8. The van der Waals surface area contributed by atoms with Crippen LogP contribution < -0.4 is 4.72 Å². The Morgan fingerprint density at radius 2 is 1.30 bits per heavy atom. The summed E-state index contributed by atoms with van der Waals surface area (Å²) in [5.74, 6) is -14.5. The van der Waals surface area contributed by atoms with Crippen LogP contribution in [0, 0.1) is 0 Å². The van der Waals surface area contributed by atoms with Gasteiger partial charge in [0.05, 0.1) is 0 Å². The Morgan fingerprint density at radius 3 is 1.65 bits per heavy atom. The maximum atomic E-state index is 13.2. The number of nitrogens with zero attached hydrogens (tertiary/aromatic N) is 1. The molecule has 0 aromatic carbocycles. The lowest BCUT2D eigenvalue weighted by molar-refractivity contribution is -0.382. The van der Waals surface area contributed by atoms with Crippen molar-refractivity contribution in [1.82, 2.24) is 9.62 Å². The zero-order chi connectivity index (χ0) is 18.9. The van der Waals surface area contributed by atoms with Crippen LogP contribution in [0.2, 0.25) is 0 Å². The molecule has 1 N–H and O–H groups in total. The van der Waals surface area contributed by atoms with E-state index in [1.54, 1.807) is 0 Å². The summed E-state index contributed by atoms with van der Waals surface area (Å²) in [6.45, 7) is -0.743. The molecule has 0 unspecified atom stereocenters. The van der Waals surface area contributed by atoms with E-state index in [-0.39, 0.29) is 13.0 Å². The van der Waals surface area contributed by atoms with Gasteiger partial charge in [-0.05, 0) is 27.1 Å². The van der Waals surface area contributed by atoms with Gasteiger partial charge in [-0.1, -0.05) is 0 Å². The normalized spacial score (nSPS) is 15.3. The molecule has 14 heteroatoms. The third-order valence-electron chi connectivity index (χ3n) is 2.53. The Hall–Kier alpha value is -0.760. The number of halogens is 9. The number of hydrogen-bond acceptors (Lipinski definition) is 3. The molecule has 0 aliphatic carbocycles. The van der Waals surface area contributed by atoms with Crippen LogP contribution in [-0.4, -0.2) is 63.8 Å². The Kier molecular flexibility index (Phi) is 6.41. The monoisotopic (exact) mass is 384 g/mol. The first-order valence-corrected chi connectivity index (χ1v) is 7.24. The van der Waals surface area contributed by atoms with Crippen LogP contribution in [0.15, 0.2) is 0 Å². The quantitative estimate of drug-likeness (QED) is 0.516. The fourth-order valence-corrected chi connectivity index (χ4v) is 2.28. The van der Waals surface area contributed by atoms with Crippen LogP contribution in [0.1, 0.15) is 6.42 Å². The molecule has 0 fully saturated rings. The van der Waals surface area contributed by atoms with E-state index in [2.05, 4.69) is 0 Å². The summed E-state index contributed by atoms with van der Waals surface area (Å²) in [6, 6.07) is 0. The molecule has 0 saturated heterocycles. The van der Waals surface area contributed by atoms with Gasteiger partial charge in [-0.2, -0.15) is 39.5 Å². The lowest BCUT2D eigenvalue weighted by Crippen LogP contribution is -2.65. The van der Waals surface area contributed by atoms with Crippen molar-refractivity contribution in [3.8, 4) is 0 Å². The first-order valence-electron chi connectivity index (χ1n) is 5.76. The van der Waals surface area contributed by atoms with E-state index in [1.165, 1.54) is 19.0 Å². The van der Waals surface area contributed by atoms with Crippen LogP contribution in [0.5, 0.6) is 0 Å². The van der Waals surface area contributed by atoms with Crippen LogP contribution in [0.3, 0.4) is 0 Å². The molecule has 0 saturated carbocycles. The summed E-state index contributed by atoms with van der Waals surface area (Å²) in [4.78, 5) is 1.46. The van der Waals surface area contributed by atoms with Gasteiger partial charge in [-0.3, -0.25) is 0 Å². The fraction of sp³-hybridized carbons (Fsp3) is 1.00. The van der Waals surface area contributed by atoms with E-state index in [0.29, 0.717) is 0 Å². The zero-order valence-corrected chi connectivity index (χ0v) is 12.5. The molecule has 0 atom stereocenters. The van der Waals surface area contributed by atoms with Crippen LogP contribution in [0.25, 0.3) is 0 Å². The maximum Gasteiger partial charge on any atom is 0.460 e. The topological polar surface area (TPSA) is 49.4 Å². The molecule has 0 aliphatic rings. The minimum atomic E-state index is -7.25. The SMILES string of the molecule is CN(C)CCCNS(=O)(=O)C(F)(F)C(F)(F)C(F)(F)C(F)(F)F. The van der Waals surface area contributed by atoms with Crippen molar-refractivity contribution in [3.63, 3.8) is 0 Å². The van der Waals surface area contributed by atoms with Crippen molar-refractivity contribution in [2.24, 2.45) is 0 Å². The highest BCUT2D eigenvalue weighted by Crippen LogP contribution is 2.54. The third kappa shape index (κ3) is 4.21. The van der Waals surface area contributed by atoms with Gasteiger partial charge in [0.15, 0.2) is 0 Å². The molecule has 0 spiro atoms. The van der Waals surface area contributed by atoms with Gasteiger partial charge in [0.25, 0.3) is 10.0 Å². The van der Waals surface area contributed by atoms with Crippen molar-refractivity contribution in [2.75, 3.05) is 27.2 Å². The summed E-state index contributed by atoms with van der Waals surface area (Å²) in [7, 11) is -3.49. The van der Waals surface area contributed by atoms with Crippen LogP contribution in [-0.2, 0) is 10.0 Å². The standard InChI is InChI=1S/C9H13F9N2O2S/c1-20(2)5-3-4-19-23(21,22)9(17,18)7(12,13)6(10,11)8(14,15)16/h19H,3-5H2,1-2H3. The van der Waals surface area contributed by atoms with Crippen molar-refractivity contribution in [2.45, 2.75) is 29.7 Å². The first-order chi connectivity index (χ1) is 9.92. The van der Waals surface area contributed by atoms with Gasteiger partial charge in [-0.25, -0.2) is 13.1 Å². The second-order valence-electron chi connectivity index (χ2n) is 4.72. The van der Waals surface area contributed by atoms with Crippen LogP contribution >= 0.6 is 0 Å². The summed E-state index contributed by atoms with van der Waals surface area (Å²) in [5, 5.41) is -6.68. The van der Waals surface area contributed by atoms with Gasteiger partial charge in [-0.15, -0.1) is 0 Å². The molecule has 0 aliphatic heterocycles. The summed E-state index contributed by atoms with van der Waals surface area (Å²) in [5.41, 5.74) is 0. The molecule has 0 aromatic rings. The molecule has 140 valence electrons. The van der Waals surface area contributed by atoms with E-state index in [0.717, 1.165) is 4.72 Å². The number of hydrogen-bond donors (Lipinski definition) is 1. The van der Waals surface area contributed by atoms with Gasteiger partial charge in [0, 0.05) is 6.54 Å². The highest BCUT2D eigenvalue weighted by atomic mass is 32.2. The minimum Gasteiger partial charge on any atom is -0.309 e. The summed E-state index contributed by atoms with van der Waals surface area (Å²) < 4.78 is 136. The highest BCUT2D eigenvalue weighted by Gasteiger charge is 2.85. The van der Waals surface area contributed by atoms with Crippen molar-refractivity contribution < 1.29 is 47.9 Å². The average molecular weight is 384 g/mol. The summed E-state index contributed by atoms with van der Waals surface area (Å²) in [6.07, 6.45) is -7.25. The predicted octanol–water partition coefficient (Wildman–Crippen LogP) is 2.28. The molecule has 0 radical (unpaired) electrons. The van der Waals surface area contributed by atoms with Crippen molar-refractivity contribution in [1.29, 1.82) is 0 Å². The lowest BCUT2D eigenvalue weighted by Gasteiger charge is -2.33. The van der Waals surface area contributed by atoms with Crippen molar-refractivity contribution >= 4 is 10.0 Å². The number of nitrogens with one attached hydrogen (secondary N) is 1. The largest absolute Gasteiger partial charge is 0.460 e. The smallest absolute Gasteiger partial charge is 0.309 e. The number of alkyl halides is 9. The Labute approximate surface area is 125 Å². The second-order valence-corrected chi connectivity index (χ2v) is 6.53. The van der Waals surface area contributed by atoms with Gasteiger partial charge in [0.1, 0.15) is 0 Å². The predicted molar refractivity (Wildman–Crippen MR) is 61.0 cm³/mol. The second kappa shape index (κ2) is 6.63. The average Bonchev–Trinajstić information content (AvgIpc) is 2.32. The van der Waals surface area contributed by atoms with E-state index in [9.17, 15) is 47.9 Å². The Balaban J connectivity index is 5.43. The summed E-state index contributed by atoms with van der Waals surface area (Å²) >= 11 is 0. The Morgan fingerprint density at radius 1 is 0.870 bits per heavy atom. The molecule has 0 bridgehead atoms. The molecular weight excluding hydrogens is 371 g/mol. The molecule has 23 heavy (non-hydrogen) atoms. The third-order valence-corrected chi connectivity index (χ3v) is 4.04. The molecule has 0 rings (SSSR count). The molecule has 0 amide bonds. The molecular formula is C9H13F9N2O2S. The molecule has 0 heterocycles. The lowest BCUT2D eigenvalue weighted by atomic mass is 10.1. The van der Waals surface area contributed by atoms with Gasteiger partial charge >= 0.3 is 23.3 Å². The minimum absolute atomic E-state index is 0.114. The van der Waals surface area contributed by atoms with E-state index < -0.39 is 39.8 Å². The van der Waals surface area contributed by atoms with E-state index in [1.807, 2.05) is 0 Å². The zero-order valence-electron chi connectivity index (χ0n) is 11.7. The van der Waals surface area contributed by atoms with E-state index >= 15 is 0 Å². The van der Waals surface area contributed by atoms with Gasteiger partial charge in [0.2, 0.25) is 0 Å². The van der Waals surface area contributed by atoms with Crippen LogP contribution in [0.4, 0.5) is 39.5 Å². The van der Waals surface area contributed by atoms with E-state index in [4.69, 9.17) is 0 Å².